The highest BCUT2D eigenvalue weighted by molar-refractivity contribution is 6.30. The van der Waals surface area contributed by atoms with E-state index < -0.39 is 0 Å². The van der Waals surface area contributed by atoms with Crippen LogP contribution in [0.25, 0.3) is 11.1 Å². The number of fused-ring (bicyclic) bond motifs is 1. The molecule has 0 saturated heterocycles. The van der Waals surface area contributed by atoms with Gasteiger partial charge < -0.3 is 9.73 Å². The third kappa shape index (κ3) is 2.71. The summed E-state index contributed by atoms with van der Waals surface area (Å²) in [6, 6.07) is 13.7. The molecule has 1 aromatic heterocycles. The van der Waals surface area contributed by atoms with E-state index in [1.54, 1.807) is 0 Å². The average molecular weight is 273 g/mol. The lowest BCUT2D eigenvalue weighted by molar-refractivity contribution is 0.561. The smallest absolute Gasteiger partial charge is 0.192 e. The first kappa shape index (κ1) is 12.1. The van der Waals surface area contributed by atoms with Crippen LogP contribution >= 0.6 is 11.6 Å². The molecule has 0 spiro atoms. The van der Waals surface area contributed by atoms with Gasteiger partial charge in [0.15, 0.2) is 11.5 Å². The summed E-state index contributed by atoms with van der Waals surface area (Å²) >= 11 is 5.86. The molecular formula is C15H13ClN2O. The molecule has 0 aliphatic carbocycles. The molecule has 0 atom stereocenters. The van der Waals surface area contributed by atoms with Gasteiger partial charge in [0.1, 0.15) is 5.52 Å². The molecule has 1 heterocycles. The van der Waals surface area contributed by atoms with Crippen LogP contribution in [0.4, 0.5) is 5.69 Å². The molecule has 19 heavy (non-hydrogen) atoms. The average Bonchev–Trinajstić information content (AvgIpc) is 2.77. The molecule has 96 valence electrons. The minimum Gasteiger partial charge on any atom is -0.441 e. The molecule has 3 aromatic rings. The number of nitrogens with zero attached hydrogens (tertiary/aromatic N) is 1. The maximum absolute atomic E-state index is 5.86. The van der Waals surface area contributed by atoms with Gasteiger partial charge in [0.25, 0.3) is 0 Å². The van der Waals surface area contributed by atoms with Crippen molar-refractivity contribution in [3.05, 3.63) is 58.9 Å². The van der Waals surface area contributed by atoms with E-state index >= 15 is 0 Å². The van der Waals surface area contributed by atoms with Crippen molar-refractivity contribution < 1.29 is 4.42 Å². The summed E-state index contributed by atoms with van der Waals surface area (Å²) < 4.78 is 5.45. The van der Waals surface area contributed by atoms with E-state index in [0.717, 1.165) is 28.4 Å². The van der Waals surface area contributed by atoms with Crippen LogP contribution in [0.1, 0.15) is 11.5 Å². The Bertz CT molecular complexity index is 704. The highest BCUT2D eigenvalue weighted by Gasteiger charge is 2.03. The van der Waals surface area contributed by atoms with E-state index in [0.29, 0.717) is 5.89 Å². The Kier molecular flexibility index (Phi) is 3.13. The number of hydrogen-bond acceptors (Lipinski definition) is 3. The van der Waals surface area contributed by atoms with Gasteiger partial charge >= 0.3 is 0 Å². The van der Waals surface area contributed by atoms with Gasteiger partial charge in [0.2, 0.25) is 0 Å². The molecule has 3 nitrogen and oxygen atoms in total. The number of aryl methyl sites for hydroxylation is 1. The number of nitrogens with one attached hydrogen (secondary N) is 1. The van der Waals surface area contributed by atoms with Gasteiger partial charge in [-0.15, -0.1) is 0 Å². The number of halogens is 1. The molecular weight excluding hydrogens is 260 g/mol. The first-order chi connectivity index (χ1) is 9.20. The number of benzene rings is 2. The van der Waals surface area contributed by atoms with Crippen LogP contribution in [0.5, 0.6) is 0 Å². The Labute approximate surface area is 116 Å². The van der Waals surface area contributed by atoms with Crippen LogP contribution in [0, 0.1) is 6.92 Å². The fraction of sp³-hybridized carbons (Fsp3) is 0.133. The number of aromatic nitrogens is 1. The standard InChI is InChI=1S/C15H13ClN2O/c1-10-18-14-8-13(6-7-15(14)19-10)17-9-11-2-4-12(16)5-3-11/h2-8,17H,9H2,1H3. The lowest BCUT2D eigenvalue weighted by Gasteiger charge is -2.06. The van der Waals surface area contributed by atoms with Crippen molar-refractivity contribution in [3.63, 3.8) is 0 Å². The lowest BCUT2D eigenvalue weighted by Crippen LogP contribution is -1.98. The lowest BCUT2D eigenvalue weighted by atomic mass is 10.2. The fourth-order valence-corrected chi connectivity index (χ4v) is 2.08. The Hall–Kier alpha value is -2.00. The fourth-order valence-electron chi connectivity index (χ4n) is 1.96. The normalized spacial score (nSPS) is 10.8. The zero-order chi connectivity index (χ0) is 13.2. The summed E-state index contributed by atoms with van der Waals surface area (Å²) in [6.07, 6.45) is 0. The Morgan fingerprint density at radius 3 is 2.74 bits per heavy atom. The SMILES string of the molecule is Cc1nc2cc(NCc3ccc(Cl)cc3)ccc2o1. The summed E-state index contributed by atoms with van der Waals surface area (Å²) in [6.45, 7) is 2.60. The van der Waals surface area contributed by atoms with E-state index in [2.05, 4.69) is 10.3 Å². The number of anilines is 1. The third-order valence-corrected chi connectivity index (χ3v) is 3.16. The molecule has 0 aliphatic rings. The van der Waals surface area contributed by atoms with Gasteiger partial charge in [-0.3, -0.25) is 0 Å². The summed E-state index contributed by atoms with van der Waals surface area (Å²) in [5, 5.41) is 4.11. The van der Waals surface area contributed by atoms with Crippen LogP contribution in [0.3, 0.4) is 0 Å². The molecule has 0 radical (unpaired) electrons. The highest BCUT2D eigenvalue weighted by Crippen LogP contribution is 2.20. The van der Waals surface area contributed by atoms with Crippen LogP contribution in [0.15, 0.2) is 46.9 Å². The molecule has 0 unspecified atom stereocenters. The second-order valence-corrected chi connectivity index (χ2v) is 4.83. The van der Waals surface area contributed by atoms with Crippen molar-refractivity contribution in [2.24, 2.45) is 0 Å². The van der Waals surface area contributed by atoms with Crippen LogP contribution in [-0.2, 0) is 6.54 Å². The van der Waals surface area contributed by atoms with E-state index in [4.69, 9.17) is 16.0 Å². The third-order valence-electron chi connectivity index (χ3n) is 2.90. The minimum atomic E-state index is 0.685. The maximum atomic E-state index is 5.86. The first-order valence-corrected chi connectivity index (χ1v) is 6.44. The van der Waals surface area contributed by atoms with Crippen molar-refractivity contribution in [2.45, 2.75) is 13.5 Å². The Morgan fingerprint density at radius 2 is 1.95 bits per heavy atom. The van der Waals surface area contributed by atoms with Gasteiger partial charge in [-0.05, 0) is 35.9 Å². The Balaban J connectivity index is 1.75. The second kappa shape index (κ2) is 4.94. The maximum Gasteiger partial charge on any atom is 0.192 e. The van der Waals surface area contributed by atoms with Crippen LogP contribution < -0.4 is 5.32 Å². The summed E-state index contributed by atoms with van der Waals surface area (Å²) in [4.78, 5) is 4.32. The molecule has 0 saturated carbocycles. The summed E-state index contributed by atoms with van der Waals surface area (Å²) in [5.74, 6) is 0.685. The molecule has 2 aromatic carbocycles. The Morgan fingerprint density at radius 1 is 1.16 bits per heavy atom. The zero-order valence-electron chi connectivity index (χ0n) is 10.5. The predicted molar refractivity (Wildman–Crippen MR) is 77.5 cm³/mol. The highest BCUT2D eigenvalue weighted by atomic mass is 35.5. The second-order valence-electron chi connectivity index (χ2n) is 4.40. The number of rotatable bonds is 3. The van der Waals surface area contributed by atoms with Crippen molar-refractivity contribution in [3.8, 4) is 0 Å². The van der Waals surface area contributed by atoms with Gasteiger partial charge in [-0.25, -0.2) is 4.98 Å². The van der Waals surface area contributed by atoms with Crippen LogP contribution in [-0.4, -0.2) is 4.98 Å². The van der Waals surface area contributed by atoms with Crippen molar-refractivity contribution >= 4 is 28.4 Å². The zero-order valence-corrected chi connectivity index (χ0v) is 11.2. The number of oxazole rings is 1. The monoisotopic (exact) mass is 272 g/mol. The largest absolute Gasteiger partial charge is 0.441 e. The summed E-state index contributed by atoms with van der Waals surface area (Å²) in [5.41, 5.74) is 3.89. The van der Waals surface area contributed by atoms with E-state index in [9.17, 15) is 0 Å². The molecule has 0 bridgehead atoms. The first-order valence-electron chi connectivity index (χ1n) is 6.06. The quantitative estimate of drug-likeness (QED) is 0.768. The molecule has 0 aliphatic heterocycles. The topological polar surface area (TPSA) is 38.1 Å². The van der Waals surface area contributed by atoms with E-state index in [1.165, 1.54) is 5.56 Å². The van der Waals surface area contributed by atoms with E-state index in [1.807, 2.05) is 49.4 Å². The molecule has 4 heteroatoms. The van der Waals surface area contributed by atoms with Crippen LogP contribution in [0.2, 0.25) is 5.02 Å². The van der Waals surface area contributed by atoms with Gasteiger partial charge in [-0.2, -0.15) is 0 Å². The van der Waals surface area contributed by atoms with Gasteiger partial charge in [-0.1, -0.05) is 23.7 Å². The van der Waals surface area contributed by atoms with Crippen molar-refractivity contribution in [1.29, 1.82) is 0 Å². The minimum absolute atomic E-state index is 0.685. The molecule has 0 amide bonds. The van der Waals surface area contributed by atoms with E-state index in [-0.39, 0.29) is 0 Å². The van der Waals surface area contributed by atoms with Gasteiger partial charge in [0.05, 0.1) is 0 Å². The molecule has 3 rings (SSSR count). The number of hydrogen-bond donors (Lipinski definition) is 1. The molecule has 0 fully saturated rings. The van der Waals surface area contributed by atoms with Gasteiger partial charge in [0, 0.05) is 24.2 Å². The van der Waals surface area contributed by atoms with Crippen molar-refractivity contribution in [1.82, 2.24) is 4.98 Å². The predicted octanol–water partition coefficient (Wildman–Crippen LogP) is 4.40. The molecule has 1 N–H and O–H groups in total. The van der Waals surface area contributed by atoms with Crippen molar-refractivity contribution in [2.75, 3.05) is 5.32 Å². The summed E-state index contributed by atoms with van der Waals surface area (Å²) in [7, 11) is 0.